The number of aliphatic imine (C=N–C) groups is 1. The van der Waals surface area contributed by atoms with Gasteiger partial charge in [-0.1, -0.05) is 32.3 Å². The van der Waals surface area contributed by atoms with Crippen LogP contribution in [0.3, 0.4) is 0 Å². The second-order valence-corrected chi connectivity index (χ2v) is 6.59. The van der Waals surface area contributed by atoms with Gasteiger partial charge in [-0.2, -0.15) is 0 Å². The van der Waals surface area contributed by atoms with Crippen LogP contribution in [0.2, 0.25) is 0 Å². The van der Waals surface area contributed by atoms with E-state index in [4.69, 9.17) is 0 Å². The lowest BCUT2D eigenvalue weighted by Crippen LogP contribution is -2.45. The highest BCUT2D eigenvalue weighted by molar-refractivity contribution is 14.0. The summed E-state index contributed by atoms with van der Waals surface area (Å²) >= 11 is 0. The van der Waals surface area contributed by atoms with Gasteiger partial charge in [0.05, 0.1) is 12.2 Å². The maximum atomic E-state index is 4.63. The van der Waals surface area contributed by atoms with E-state index in [0.29, 0.717) is 12.6 Å². The highest BCUT2D eigenvalue weighted by Crippen LogP contribution is 2.26. The van der Waals surface area contributed by atoms with Crippen molar-refractivity contribution in [2.75, 3.05) is 26.0 Å². The van der Waals surface area contributed by atoms with Gasteiger partial charge in [0.15, 0.2) is 5.96 Å². The molecule has 0 aliphatic heterocycles. The number of aromatic nitrogens is 1. The quantitative estimate of drug-likeness (QED) is 0.415. The fraction of sp³-hybridized carbons (Fsp3) is 0.667. The van der Waals surface area contributed by atoms with E-state index >= 15 is 0 Å². The predicted molar refractivity (Wildman–Crippen MR) is 113 cm³/mol. The smallest absolute Gasteiger partial charge is 0.191 e. The minimum absolute atomic E-state index is 0. The molecule has 2 rings (SSSR count). The largest absolute Gasteiger partial charge is 0.363 e. The van der Waals surface area contributed by atoms with Gasteiger partial charge < -0.3 is 15.5 Å². The van der Waals surface area contributed by atoms with Crippen molar-refractivity contribution < 1.29 is 0 Å². The van der Waals surface area contributed by atoms with Crippen LogP contribution in [0, 0.1) is 5.92 Å². The first-order chi connectivity index (χ1) is 11.1. The summed E-state index contributed by atoms with van der Waals surface area (Å²) in [6, 6.07) is 6.65. The Kier molecular flexibility index (Phi) is 9.39. The molecule has 0 amide bonds. The van der Waals surface area contributed by atoms with Gasteiger partial charge >= 0.3 is 0 Å². The Balaban J connectivity index is 0.00000288. The highest BCUT2D eigenvalue weighted by Gasteiger charge is 2.21. The molecule has 24 heavy (non-hydrogen) atoms. The topological polar surface area (TPSA) is 52.6 Å². The first-order valence-electron chi connectivity index (χ1n) is 8.72. The molecule has 1 aromatic heterocycles. The van der Waals surface area contributed by atoms with Gasteiger partial charge in [0.25, 0.3) is 0 Å². The van der Waals surface area contributed by atoms with Crippen molar-refractivity contribution in [2.24, 2.45) is 10.9 Å². The van der Waals surface area contributed by atoms with Gasteiger partial charge in [-0.15, -0.1) is 24.0 Å². The van der Waals surface area contributed by atoms with Gasteiger partial charge in [0.1, 0.15) is 5.82 Å². The van der Waals surface area contributed by atoms with E-state index in [9.17, 15) is 0 Å². The van der Waals surface area contributed by atoms with Crippen molar-refractivity contribution in [3.05, 3.63) is 23.9 Å². The summed E-state index contributed by atoms with van der Waals surface area (Å²) in [5.41, 5.74) is 1.02. The number of rotatable bonds is 5. The van der Waals surface area contributed by atoms with Gasteiger partial charge in [-0.25, -0.2) is 4.98 Å². The molecular weight excluding hydrogens is 413 g/mol. The Hall–Kier alpha value is -1.05. The molecule has 1 aromatic rings. The Labute approximate surface area is 163 Å². The molecule has 2 N–H and O–H groups in total. The second-order valence-electron chi connectivity index (χ2n) is 6.59. The van der Waals surface area contributed by atoms with Gasteiger partial charge in [-0.05, 0) is 30.9 Å². The van der Waals surface area contributed by atoms with Crippen LogP contribution in [-0.4, -0.2) is 38.1 Å². The van der Waals surface area contributed by atoms with Crippen LogP contribution in [0.15, 0.2) is 23.2 Å². The average Bonchev–Trinajstić information content (AvgIpc) is 2.59. The van der Waals surface area contributed by atoms with Crippen molar-refractivity contribution in [1.82, 2.24) is 15.6 Å². The highest BCUT2D eigenvalue weighted by atomic mass is 127. The normalized spacial score (nSPS) is 20.9. The van der Waals surface area contributed by atoms with E-state index in [1.54, 1.807) is 0 Å². The van der Waals surface area contributed by atoms with Crippen LogP contribution in [0.5, 0.6) is 0 Å². The molecule has 2 atom stereocenters. The molecule has 0 spiro atoms. The zero-order valence-corrected chi connectivity index (χ0v) is 17.7. The lowest BCUT2D eigenvalue weighted by molar-refractivity contribution is 0.298. The lowest BCUT2D eigenvalue weighted by Gasteiger charge is -2.30. The summed E-state index contributed by atoms with van der Waals surface area (Å²) in [5, 5.41) is 6.97. The van der Waals surface area contributed by atoms with Crippen LogP contribution in [0.4, 0.5) is 5.82 Å². The van der Waals surface area contributed by atoms with Crippen LogP contribution in [0.25, 0.3) is 0 Å². The van der Waals surface area contributed by atoms with Crippen molar-refractivity contribution in [1.29, 1.82) is 0 Å². The van der Waals surface area contributed by atoms with Crippen LogP contribution in [-0.2, 0) is 6.54 Å². The number of hydrogen-bond donors (Lipinski definition) is 2. The SMILES string of the molecule is CCC1CCCC(NC(=NC)NCc2cccc(N(C)C)n2)C1.I. The van der Waals surface area contributed by atoms with E-state index < -0.39 is 0 Å². The fourth-order valence-corrected chi connectivity index (χ4v) is 3.17. The third-order valence-corrected chi connectivity index (χ3v) is 4.61. The summed E-state index contributed by atoms with van der Waals surface area (Å²) in [6.07, 6.45) is 6.48. The molecule has 5 nitrogen and oxygen atoms in total. The third kappa shape index (κ3) is 6.45. The first kappa shape index (κ1) is 21.0. The molecule has 0 aromatic carbocycles. The van der Waals surface area contributed by atoms with Crippen molar-refractivity contribution in [3.63, 3.8) is 0 Å². The lowest BCUT2D eigenvalue weighted by atomic mass is 9.84. The summed E-state index contributed by atoms with van der Waals surface area (Å²) in [7, 11) is 5.85. The molecular formula is C18H32IN5. The van der Waals surface area contributed by atoms with Gasteiger partial charge in [-0.3, -0.25) is 4.99 Å². The van der Waals surface area contributed by atoms with Crippen LogP contribution < -0.4 is 15.5 Å². The molecule has 1 heterocycles. The van der Waals surface area contributed by atoms with Crippen molar-refractivity contribution in [3.8, 4) is 0 Å². The number of pyridine rings is 1. The monoisotopic (exact) mass is 445 g/mol. The van der Waals surface area contributed by atoms with E-state index in [1.807, 2.05) is 44.2 Å². The predicted octanol–water partition coefficient (Wildman–Crippen LogP) is 3.40. The maximum Gasteiger partial charge on any atom is 0.191 e. The second kappa shape index (κ2) is 10.7. The Bertz CT molecular complexity index is 518. The zero-order chi connectivity index (χ0) is 16.7. The molecule has 136 valence electrons. The number of halogens is 1. The first-order valence-corrected chi connectivity index (χ1v) is 8.72. The molecule has 1 saturated carbocycles. The standard InChI is InChI=1S/C18H31N5.HI/c1-5-14-8-6-9-15(12-14)22-18(19-2)20-13-16-10-7-11-17(21-16)23(3)4;/h7,10-11,14-15H,5-6,8-9,12-13H2,1-4H3,(H2,19,20,22);1H. The molecule has 0 bridgehead atoms. The molecule has 0 saturated heterocycles. The summed E-state index contributed by atoms with van der Waals surface area (Å²) in [4.78, 5) is 11.0. The molecule has 6 heteroatoms. The molecule has 1 aliphatic rings. The average molecular weight is 445 g/mol. The van der Waals surface area contributed by atoms with E-state index in [0.717, 1.165) is 23.4 Å². The van der Waals surface area contributed by atoms with Crippen LogP contribution in [0.1, 0.15) is 44.7 Å². The molecule has 1 fully saturated rings. The molecule has 1 aliphatic carbocycles. The van der Waals surface area contributed by atoms with Crippen molar-refractivity contribution in [2.45, 2.75) is 51.6 Å². The fourth-order valence-electron chi connectivity index (χ4n) is 3.17. The Morgan fingerprint density at radius 1 is 1.33 bits per heavy atom. The number of guanidine groups is 1. The number of nitrogens with zero attached hydrogens (tertiary/aromatic N) is 3. The maximum absolute atomic E-state index is 4.63. The van der Waals surface area contributed by atoms with Crippen molar-refractivity contribution >= 4 is 35.8 Å². The summed E-state index contributed by atoms with van der Waals surface area (Å²) in [6.45, 7) is 2.98. The molecule has 2 unspecified atom stereocenters. The minimum Gasteiger partial charge on any atom is -0.363 e. The molecule has 0 radical (unpaired) electrons. The van der Waals surface area contributed by atoms with Gasteiger partial charge in [0.2, 0.25) is 0 Å². The third-order valence-electron chi connectivity index (χ3n) is 4.61. The summed E-state index contributed by atoms with van der Waals surface area (Å²) < 4.78 is 0. The zero-order valence-electron chi connectivity index (χ0n) is 15.4. The van der Waals surface area contributed by atoms with E-state index in [-0.39, 0.29) is 24.0 Å². The number of anilines is 1. The number of nitrogens with one attached hydrogen (secondary N) is 2. The van der Waals surface area contributed by atoms with Gasteiger partial charge in [0, 0.05) is 27.2 Å². The minimum atomic E-state index is 0. The van der Waals surface area contributed by atoms with E-state index in [1.165, 1.54) is 32.1 Å². The Morgan fingerprint density at radius 2 is 2.12 bits per heavy atom. The number of hydrogen-bond acceptors (Lipinski definition) is 3. The summed E-state index contributed by atoms with van der Waals surface area (Å²) in [5.74, 6) is 2.71. The van der Waals surface area contributed by atoms with Crippen LogP contribution >= 0.6 is 24.0 Å². The Morgan fingerprint density at radius 3 is 2.79 bits per heavy atom. The van der Waals surface area contributed by atoms with E-state index in [2.05, 4.69) is 27.5 Å².